The lowest BCUT2D eigenvalue weighted by molar-refractivity contribution is 0.0476. The number of nitrogens with one attached hydrogen (secondary N) is 1. The van der Waals surface area contributed by atoms with Crippen LogP contribution in [0.5, 0.6) is 0 Å². The van der Waals surface area contributed by atoms with Crippen LogP contribution in [0.25, 0.3) is 0 Å². The van der Waals surface area contributed by atoms with Crippen molar-refractivity contribution in [2.24, 2.45) is 5.92 Å². The van der Waals surface area contributed by atoms with Gasteiger partial charge in [0, 0.05) is 12.5 Å². The van der Waals surface area contributed by atoms with E-state index >= 15 is 0 Å². The Morgan fingerprint density at radius 1 is 1.35 bits per heavy atom. The largest absolute Gasteiger partial charge is 0.444 e. The first-order valence-corrected chi connectivity index (χ1v) is 6.45. The van der Waals surface area contributed by atoms with Gasteiger partial charge in [0.2, 0.25) is 0 Å². The van der Waals surface area contributed by atoms with Gasteiger partial charge in [-0.3, -0.25) is 0 Å². The zero-order chi connectivity index (χ0) is 13.5. The summed E-state index contributed by atoms with van der Waals surface area (Å²) >= 11 is 0. The molecule has 1 amide bonds. The Morgan fingerprint density at radius 2 is 1.94 bits per heavy atom. The molecule has 4 nitrogen and oxygen atoms in total. The summed E-state index contributed by atoms with van der Waals surface area (Å²) in [5.74, 6) is 0.0995. The first-order chi connectivity index (χ1) is 7.80. The number of amides is 1. The highest BCUT2D eigenvalue weighted by Gasteiger charge is 2.20. The Bertz CT molecular complexity index is 223. The molecule has 0 heterocycles. The molecular weight excluding hydrogens is 218 g/mol. The standard InChI is InChI=1S/C13H27NO3/c1-6-8-11(15)10(7-2)9-14-12(16)17-13(3,4)5/h10-11,15H,6-9H2,1-5H3,(H,14,16)/t10-,11?/m1/s1. The monoisotopic (exact) mass is 245 g/mol. The van der Waals surface area contributed by atoms with Crippen molar-refractivity contribution in [3.8, 4) is 0 Å². The van der Waals surface area contributed by atoms with E-state index in [9.17, 15) is 9.90 Å². The molecule has 1 unspecified atom stereocenters. The van der Waals surface area contributed by atoms with Gasteiger partial charge in [-0.1, -0.05) is 20.3 Å². The van der Waals surface area contributed by atoms with Crippen LogP contribution in [-0.2, 0) is 4.74 Å². The molecular formula is C13H27NO3. The SMILES string of the molecule is CCCC(O)[C@H](CC)CNC(=O)OC(C)(C)C. The van der Waals surface area contributed by atoms with Crippen molar-refractivity contribution >= 4 is 6.09 Å². The summed E-state index contributed by atoms with van der Waals surface area (Å²) in [6.45, 7) is 10.0. The summed E-state index contributed by atoms with van der Waals surface area (Å²) in [4.78, 5) is 11.4. The lowest BCUT2D eigenvalue weighted by atomic mass is 9.96. The first kappa shape index (κ1) is 16.2. The minimum absolute atomic E-state index is 0.0995. The van der Waals surface area contributed by atoms with E-state index < -0.39 is 11.7 Å². The zero-order valence-corrected chi connectivity index (χ0v) is 11.7. The maximum Gasteiger partial charge on any atom is 0.407 e. The predicted molar refractivity (Wildman–Crippen MR) is 68.9 cm³/mol. The lowest BCUT2D eigenvalue weighted by Gasteiger charge is -2.24. The van der Waals surface area contributed by atoms with E-state index in [0.29, 0.717) is 6.54 Å². The second-order valence-electron chi connectivity index (χ2n) is 5.41. The second kappa shape index (κ2) is 7.54. The highest BCUT2D eigenvalue weighted by molar-refractivity contribution is 5.67. The van der Waals surface area contributed by atoms with E-state index in [1.807, 2.05) is 34.6 Å². The molecule has 0 spiro atoms. The zero-order valence-electron chi connectivity index (χ0n) is 11.7. The van der Waals surface area contributed by atoms with Crippen molar-refractivity contribution in [3.63, 3.8) is 0 Å². The van der Waals surface area contributed by atoms with Gasteiger partial charge in [-0.2, -0.15) is 0 Å². The van der Waals surface area contributed by atoms with Crippen LogP contribution in [0.15, 0.2) is 0 Å². The number of alkyl carbamates (subject to hydrolysis) is 1. The summed E-state index contributed by atoms with van der Waals surface area (Å²) in [5, 5.41) is 12.6. The van der Waals surface area contributed by atoms with Gasteiger partial charge in [0.15, 0.2) is 0 Å². The molecule has 0 aromatic rings. The third-order valence-electron chi connectivity index (χ3n) is 2.56. The van der Waals surface area contributed by atoms with Crippen LogP contribution >= 0.6 is 0 Å². The number of ether oxygens (including phenoxy) is 1. The van der Waals surface area contributed by atoms with Gasteiger partial charge in [0.25, 0.3) is 0 Å². The maximum atomic E-state index is 11.4. The summed E-state index contributed by atoms with van der Waals surface area (Å²) < 4.78 is 5.14. The third-order valence-corrected chi connectivity index (χ3v) is 2.56. The fourth-order valence-electron chi connectivity index (χ4n) is 1.61. The number of aliphatic hydroxyl groups excluding tert-OH is 1. The van der Waals surface area contributed by atoms with E-state index in [1.165, 1.54) is 0 Å². The van der Waals surface area contributed by atoms with E-state index in [-0.39, 0.29) is 12.0 Å². The van der Waals surface area contributed by atoms with Crippen molar-refractivity contribution in [1.29, 1.82) is 0 Å². The van der Waals surface area contributed by atoms with Gasteiger partial charge in [-0.25, -0.2) is 4.79 Å². The Morgan fingerprint density at radius 3 is 2.35 bits per heavy atom. The maximum absolute atomic E-state index is 11.4. The third kappa shape index (κ3) is 8.02. The smallest absolute Gasteiger partial charge is 0.407 e. The predicted octanol–water partition coefficient (Wildman–Crippen LogP) is 2.70. The van der Waals surface area contributed by atoms with E-state index in [2.05, 4.69) is 5.32 Å². The summed E-state index contributed by atoms with van der Waals surface area (Å²) in [7, 11) is 0. The molecule has 2 N–H and O–H groups in total. The van der Waals surface area contributed by atoms with Crippen molar-refractivity contribution in [2.45, 2.75) is 65.6 Å². The van der Waals surface area contributed by atoms with Crippen molar-refractivity contribution in [3.05, 3.63) is 0 Å². The fraction of sp³-hybridized carbons (Fsp3) is 0.923. The van der Waals surface area contributed by atoms with Crippen molar-refractivity contribution in [2.75, 3.05) is 6.54 Å². The van der Waals surface area contributed by atoms with Gasteiger partial charge in [-0.05, 0) is 33.6 Å². The highest BCUT2D eigenvalue weighted by Crippen LogP contribution is 2.13. The Kier molecular flexibility index (Phi) is 7.19. The number of hydrogen-bond donors (Lipinski definition) is 2. The first-order valence-electron chi connectivity index (χ1n) is 6.45. The number of aliphatic hydroxyl groups is 1. The van der Waals surface area contributed by atoms with Crippen LogP contribution < -0.4 is 5.32 Å². The van der Waals surface area contributed by atoms with E-state index in [1.54, 1.807) is 0 Å². The summed E-state index contributed by atoms with van der Waals surface area (Å²) in [6, 6.07) is 0. The molecule has 0 aliphatic heterocycles. The highest BCUT2D eigenvalue weighted by atomic mass is 16.6. The molecule has 0 aliphatic carbocycles. The number of carbonyl (C=O) groups is 1. The van der Waals surface area contributed by atoms with E-state index in [0.717, 1.165) is 19.3 Å². The average molecular weight is 245 g/mol. The van der Waals surface area contributed by atoms with Crippen LogP contribution in [-0.4, -0.2) is 29.4 Å². The van der Waals surface area contributed by atoms with Crippen LogP contribution in [0.1, 0.15) is 53.9 Å². The van der Waals surface area contributed by atoms with Crippen LogP contribution in [0, 0.1) is 5.92 Å². The summed E-state index contributed by atoms with van der Waals surface area (Å²) in [6.07, 6.45) is 1.80. The van der Waals surface area contributed by atoms with Gasteiger partial charge >= 0.3 is 6.09 Å². The molecule has 0 rings (SSSR count). The van der Waals surface area contributed by atoms with Crippen LogP contribution in [0.3, 0.4) is 0 Å². The molecule has 0 fully saturated rings. The fourth-order valence-corrected chi connectivity index (χ4v) is 1.61. The minimum atomic E-state index is -0.478. The van der Waals surface area contributed by atoms with Gasteiger partial charge in [-0.15, -0.1) is 0 Å². The molecule has 0 saturated carbocycles. The summed E-state index contributed by atoms with van der Waals surface area (Å²) in [5.41, 5.74) is -0.478. The number of hydrogen-bond acceptors (Lipinski definition) is 3. The number of carbonyl (C=O) groups excluding carboxylic acids is 1. The van der Waals surface area contributed by atoms with Gasteiger partial charge in [0.1, 0.15) is 5.60 Å². The van der Waals surface area contributed by atoms with Crippen LogP contribution in [0.4, 0.5) is 4.79 Å². The Balaban J connectivity index is 4.02. The molecule has 102 valence electrons. The second-order valence-corrected chi connectivity index (χ2v) is 5.41. The Labute approximate surface area is 105 Å². The van der Waals surface area contributed by atoms with E-state index in [4.69, 9.17) is 4.74 Å². The molecule has 4 heteroatoms. The molecule has 0 aliphatic rings. The van der Waals surface area contributed by atoms with Crippen LogP contribution in [0.2, 0.25) is 0 Å². The molecule has 0 bridgehead atoms. The van der Waals surface area contributed by atoms with Crippen molar-refractivity contribution in [1.82, 2.24) is 5.32 Å². The topological polar surface area (TPSA) is 58.6 Å². The quantitative estimate of drug-likeness (QED) is 0.756. The Hall–Kier alpha value is -0.770. The lowest BCUT2D eigenvalue weighted by Crippen LogP contribution is -2.38. The van der Waals surface area contributed by atoms with Gasteiger partial charge in [0.05, 0.1) is 6.10 Å². The van der Waals surface area contributed by atoms with Crippen molar-refractivity contribution < 1.29 is 14.6 Å². The minimum Gasteiger partial charge on any atom is -0.444 e. The normalized spacial score (nSPS) is 15.2. The average Bonchev–Trinajstić information content (AvgIpc) is 2.16. The van der Waals surface area contributed by atoms with Gasteiger partial charge < -0.3 is 15.2 Å². The molecule has 0 radical (unpaired) electrons. The molecule has 0 saturated heterocycles. The number of rotatable bonds is 6. The molecule has 2 atom stereocenters. The molecule has 17 heavy (non-hydrogen) atoms. The molecule has 0 aromatic carbocycles. The molecule has 0 aromatic heterocycles.